The molecule has 1 N–H and O–H groups in total. The molecule has 6 heterocycles. The van der Waals surface area contributed by atoms with E-state index in [-0.39, 0.29) is 53.9 Å². The van der Waals surface area contributed by atoms with Crippen LogP contribution in [0.5, 0.6) is 0 Å². The number of piperidine rings is 1. The van der Waals surface area contributed by atoms with Crippen molar-refractivity contribution in [3.05, 3.63) is 79.9 Å². The highest BCUT2D eigenvalue weighted by Gasteiger charge is 2.43. The molecular weight excluding hydrogens is 845 g/mol. The van der Waals surface area contributed by atoms with Gasteiger partial charge in [0.1, 0.15) is 28.5 Å². The Hall–Kier alpha value is -5.15. The van der Waals surface area contributed by atoms with Crippen molar-refractivity contribution in [3.63, 3.8) is 0 Å². The molecule has 14 nitrogen and oxygen atoms in total. The van der Waals surface area contributed by atoms with Gasteiger partial charge in [-0.2, -0.15) is 5.26 Å². The second kappa shape index (κ2) is 16.4. The predicted molar refractivity (Wildman–Crippen MR) is 218 cm³/mol. The Morgan fingerprint density at radius 1 is 1.17 bits per heavy atom. The summed E-state index contributed by atoms with van der Waals surface area (Å²) in [6, 6.07) is 9.07. The van der Waals surface area contributed by atoms with Crippen LogP contribution in [0.4, 0.5) is 19.0 Å². The molecule has 2 saturated heterocycles. The van der Waals surface area contributed by atoms with Crippen molar-refractivity contribution in [2.75, 3.05) is 38.3 Å². The van der Waals surface area contributed by atoms with E-state index >= 15 is 0 Å². The number of hydrogen-bond acceptors (Lipinski definition) is 13. The van der Waals surface area contributed by atoms with Crippen molar-refractivity contribution in [2.24, 2.45) is 0 Å². The summed E-state index contributed by atoms with van der Waals surface area (Å²) in [5.41, 5.74) is 2.15. The summed E-state index contributed by atoms with van der Waals surface area (Å²) in [6.45, 7) is 2.95. The van der Waals surface area contributed by atoms with Gasteiger partial charge in [-0.15, -0.1) is 24.5 Å². The van der Waals surface area contributed by atoms with Crippen LogP contribution in [0.1, 0.15) is 53.0 Å². The van der Waals surface area contributed by atoms with Crippen molar-refractivity contribution in [1.29, 1.82) is 5.26 Å². The van der Waals surface area contributed by atoms with Gasteiger partial charge in [-0.05, 0) is 56.9 Å². The average molecular weight is 881 g/mol. The summed E-state index contributed by atoms with van der Waals surface area (Å²) in [4.78, 5) is 44.9. The molecule has 4 aromatic heterocycles. The zero-order valence-electron chi connectivity index (χ0n) is 32.1. The molecule has 0 bridgehead atoms. The number of amides is 1. The minimum atomic E-state index is -4.64. The molecule has 312 valence electrons. The highest BCUT2D eigenvalue weighted by molar-refractivity contribution is 7.90. The molecule has 0 radical (unpaired) electrons. The molecule has 2 aliphatic heterocycles. The van der Waals surface area contributed by atoms with Gasteiger partial charge in [-0.1, -0.05) is 23.4 Å². The van der Waals surface area contributed by atoms with Crippen LogP contribution in [0.3, 0.4) is 0 Å². The van der Waals surface area contributed by atoms with Crippen LogP contribution in [0.2, 0.25) is 5.02 Å². The number of alkyl halides is 3. The lowest BCUT2D eigenvalue weighted by atomic mass is 9.86. The number of pyridine rings is 2. The number of carbonyl (C=O) groups is 1. The molecule has 1 saturated carbocycles. The zero-order valence-corrected chi connectivity index (χ0v) is 34.5. The summed E-state index contributed by atoms with van der Waals surface area (Å²) < 4.78 is 76.3. The molecule has 5 aromatic rings. The fourth-order valence-corrected chi connectivity index (χ4v) is 10.1. The number of thiophene rings is 1. The molecule has 8 rings (SSSR count). The average Bonchev–Trinajstić information content (AvgIpc) is 3.61. The Balaban J connectivity index is 1.02. The maximum atomic E-state index is 14.1. The topological polar surface area (TPSA) is 173 Å². The lowest BCUT2D eigenvalue weighted by Crippen LogP contribution is -2.54. The number of anilines is 1. The second-order valence-electron chi connectivity index (χ2n) is 14.9. The van der Waals surface area contributed by atoms with Gasteiger partial charge in [0, 0.05) is 65.5 Å². The minimum Gasteiger partial charge on any atom is -0.378 e. The zero-order chi connectivity index (χ0) is 42.5. The number of likely N-dealkylation sites (tertiary alicyclic amines) is 1. The Morgan fingerprint density at radius 3 is 2.60 bits per heavy atom. The van der Waals surface area contributed by atoms with Crippen LogP contribution >= 0.6 is 22.9 Å². The molecule has 0 spiro atoms. The minimum absolute atomic E-state index is 0.0142. The number of aromatic nitrogens is 4. The van der Waals surface area contributed by atoms with E-state index in [4.69, 9.17) is 16.3 Å². The lowest BCUT2D eigenvalue weighted by molar-refractivity contribution is -0.354. The smallest absolute Gasteiger partial charge is 0.378 e. The van der Waals surface area contributed by atoms with E-state index in [1.165, 1.54) is 28.3 Å². The number of rotatable bonds is 9. The van der Waals surface area contributed by atoms with E-state index in [0.29, 0.717) is 82.3 Å². The maximum absolute atomic E-state index is 14.1. The summed E-state index contributed by atoms with van der Waals surface area (Å²) >= 11 is 7.68. The monoisotopic (exact) mass is 880 g/mol. The SMILES string of the molecule is Cc1nc2cnc(N(C)C3CCN(C4CC(OC(F)(F)F)C4)CC3)c(C#N)c2c(=O)n1CC#Cc1ccc(Cl)cc1-c1ccnc2c(C(=O)NS(=O)(=O)C3COC3)csc12. The van der Waals surface area contributed by atoms with Crippen molar-refractivity contribution < 1.29 is 35.9 Å². The van der Waals surface area contributed by atoms with Crippen molar-refractivity contribution >= 4 is 65.8 Å². The van der Waals surface area contributed by atoms with Crippen LogP contribution < -0.4 is 15.2 Å². The van der Waals surface area contributed by atoms with Crippen molar-refractivity contribution in [3.8, 4) is 29.0 Å². The Labute approximate surface area is 350 Å². The number of nitrogens with zero attached hydrogens (tertiary/aromatic N) is 7. The number of aryl methyl sites for hydroxylation is 1. The van der Waals surface area contributed by atoms with Crippen molar-refractivity contribution in [2.45, 2.75) is 69.0 Å². The molecule has 0 unspecified atom stereocenters. The third kappa shape index (κ3) is 8.17. The van der Waals surface area contributed by atoms with Crippen LogP contribution in [0.15, 0.2) is 46.8 Å². The van der Waals surface area contributed by atoms with E-state index in [9.17, 15) is 36.4 Å². The van der Waals surface area contributed by atoms with Gasteiger partial charge in [0.05, 0.1) is 58.7 Å². The van der Waals surface area contributed by atoms with Gasteiger partial charge in [0.15, 0.2) is 0 Å². The van der Waals surface area contributed by atoms with Crippen LogP contribution in [0.25, 0.3) is 32.2 Å². The molecular formula is C40H36ClF3N8O6S2. The van der Waals surface area contributed by atoms with Crippen LogP contribution in [0, 0.1) is 30.1 Å². The number of nitrogens with one attached hydrogen (secondary N) is 1. The Kier molecular flexibility index (Phi) is 11.3. The standard InChI is InChI=1S/C40H36ClF3N8O6S2/c1-22-48-33-18-47-37(50(2)25-8-12-51(13-9-25)26-15-27(16-26)58-40(42,43)44)31(17-45)34(33)39(54)52(22)11-3-4-23-5-6-24(41)14-30(23)29-7-10-46-35-32(21-59-36(29)35)38(53)49-60(55,56)28-19-57-20-28/h5-7,10,14,18,21,25-28H,8-9,11-13,15-16,19-20H2,1-2H3,(H,49,53). The number of nitriles is 1. The number of sulfonamides is 1. The molecule has 3 aliphatic rings. The first-order valence-corrected chi connectivity index (χ1v) is 21.7. The van der Waals surface area contributed by atoms with Gasteiger partial charge in [0.2, 0.25) is 10.0 Å². The highest BCUT2D eigenvalue weighted by Crippen LogP contribution is 2.38. The first kappa shape index (κ1) is 41.6. The first-order chi connectivity index (χ1) is 28.6. The number of benzene rings is 1. The van der Waals surface area contributed by atoms with E-state index in [2.05, 4.69) is 47.2 Å². The summed E-state index contributed by atoms with van der Waals surface area (Å²) in [5, 5.41) is 11.7. The van der Waals surface area contributed by atoms with Gasteiger partial charge in [-0.3, -0.25) is 23.9 Å². The normalized spacial score (nSPS) is 18.9. The predicted octanol–water partition coefficient (Wildman–Crippen LogP) is 5.38. The molecule has 0 atom stereocenters. The highest BCUT2D eigenvalue weighted by atomic mass is 35.5. The molecule has 3 fully saturated rings. The quantitative estimate of drug-likeness (QED) is 0.188. The fraction of sp³-hybridized carbons (Fsp3) is 0.400. The van der Waals surface area contributed by atoms with Gasteiger partial charge in [-0.25, -0.2) is 23.1 Å². The van der Waals surface area contributed by atoms with E-state index in [1.54, 1.807) is 36.6 Å². The lowest BCUT2D eigenvalue weighted by Gasteiger charge is -2.46. The van der Waals surface area contributed by atoms with E-state index in [1.807, 2.05) is 11.9 Å². The molecule has 60 heavy (non-hydrogen) atoms. The Morgan fingerprint density at radius 2 is 1.92 bits per heavy atom. The summed E-state index contributed by atoms with van der Waals surface area (Å²) in [7, 11) is -2.11. The first-order valence-electron chi connectivity index (χ1n) is 18.9. The van der Waals surface area contributed by atoms with Gasteiger partial charge < -0.3 is 14.5 Å². The van der Waals surface area contributed by atoms with Gasteiger partial charge in [0.25, 0.3) is 11.5 Å². The largest absolute Gasteiger partial charge is 0.522 e. The third-order valence-electron chi connectivity index (χ3n) is 11.3. The Bertz CT molecular complexity index is 2800. The van der Waals surface area contributed by atoms with Crippen LogP contribution in [-0.2, 0) is 26.0 Å². The second-order valence-corrected chi connectivity index (χ2v) is 18.2. The van der Waals surface area contributed by atoms with E-state index < -0.39 is 39.2 Å². The van der Waals surface area contributed by atoms with Crippen molar-refractivity contribution in [1.82, 2.24) is 29.1 Å². The molecule has 1 aliphatic carbocycles. The molecule has 1 aromatic carbocycles. The summed E-state index contributed by atoms with van der Waals surface area (Å²) in [6.07, 6.45) is -0.424. The number of ether oxygens (including phenoxy) is 2. The fourth-order valence-electron chi connectivity index (χ4n) is 7.83. The van der Waals surface area contributed by atoms with Gasteiger partial charge >= 0.3 is 6.36 Å². The maximum Gasteiger partial charge on any atom is 0.522 e. The molecule has 1 amide bonds. The number of hydrogen-bond donors (Lipinski definition) is 1. The number of carbonyl (C=O) groups excluding carboxylic acids is 1. The molecule has 20 heteroatoms. The number of halogens is 4. The van der Waals surface area contributed by atoms with E-state index in [0.717, 1.165) is 0 Å². The third-order valence-corrected chi connectivity index (χ3v) is 14.1. The van der Waals surface area contributed by atoms with Crippen LogP contribution in [-0.4, -0.2) is 102 Å². The summed E-state index contributed by atoms with van der Waals surface area (Å²) in [5.74, 6) is 6.13. The number of fused-ring (bicyclic) bond motifs is 2.